The standard InChI is InChI=1S/C15H17NO2/c1-11(9-15(17)18-2)16-14-8-7-12-5-3-4-6-13(12)10-14/h3-8,10-11,16H,9H2,1-2H3. The molecule has 0 radical (unpaired) electrons. The molecule has 1 unspecified atom stereocenters. The Hall–Kier alpha value is -2.03. The fourth-order valence-corrected chi connectivity index (χ4v) is 1.95. The van der Waals surface area contributed by atoms with Crippen molar-refractivity contribution in [3.63, 3.8) is 0 Å². The molecule has 0 spiro atoms. The lowest BCUT2D eigenvalue weighted by Gasteiger charge is -2.14. The topological polar surface area (TPSA) is 38.3 Å². The average molecular weight is 243 g/mol. The minimum absolute atomic E-state index is 0.0543. The van der Waals surface area contributed by atoms with Gasteiger partial charge in [0.05, 0.1) is 13.5 Å². The van der Waals surface area contributed by atoms with E-state index >= 15 is 0 Å². The van der Waals surface area contributed by atoms with E-state index in [1.165, 1.54) is 17.9 Å². The van der Waals surface area contributed by atoms with Crippen LogP contribution < -0.4 is 5.32 Å². The van der Waals surface area contributed by atoms with Gasteiger partial charge in [-0.15, -0.1) is 0 Å². The maximum atomic E-state index is 11.2. The number of anilines is 1. The van der Waals surface area contributed by atoms with Crippen LogP contribution in [0.1, 0.15) is 13.3 Å². The minimum Gasteiger partial charge on any atom is -0.469 e. The molecule has 0 amide bonds. The first kappa shape index (κ1) is 12.4. The quantitative estimate of drug-likeness (QED) is 0.838. The lowest BCUT2D eigenvalue weighted by Crippen LogP contribution is -2.20. The number of carbonyl (C=O) groups excluding carboxylic acids is 1. The number of hydrogen-bond donors (Lipinski definition) is 1. The molecule has 0 aliphatic rings. The fourth-order valence-electron chi connectivity index (χ4n) is 1.95. The molecule has 0 bridgehead atoms. The van der Waals surface area contributed by atoms with Crippen LogP contribution in [0.5, 0.6) is 0 Å². The summed E-state index contributed by atoms with van der Waals surface area (Å²) in [5.74, 6) is -0.198. The monoisotopic (exact) mass is 243 g/mol. The summed E-state index contributed by atoms with van der Waals surface area (Å²) in [4.78, 5) is 11.2. The highest BCUT2D eigenvalue weighted by Crippen LogP contribution is 2.19. The van der Waals surface area contributed by atoms with Crippen molar-refractivity contribution in [2.24, 2.45) is 0 Å². The summed E-state index contributed by atoms with van der Waals surface area (Å²) in [6.07, 6.45) is 0.364. The third-order valence-corrected chi connectivity index (χ3v) is 2.86. The number of benzene rings is 2. The summed E-state index contributed by atoms with van der Waals surface area (Å²) >= 11 is 0. The van der Waals surface area contributed by atoms with Crippen LogP contribution in [0.3, 0.4) is 0 Å². The molecule has 3 heteroatoms. The van der Waals surface area contributed by atoms with E-state index in [1.54, 1.807) is 0 Å². The molecule has 0 aromatic heterocycles. The zero-order chi connectivity index (χ0) is 13.0. The molecule has 2 aromatic carbocycles. The highest BCUT2D eigenvalue weighted by molar-refractivity contribution is 5.85. The van der Waals surface area contributed by atoms with E-state index in [1.807, 2.05) is 25.1 Å². The zero-order valence-corrected chi connectivity index (χ0v) is 10.6. The van der Waals surface area contributed by atoms with Gasteiger partial charge < -0.3 is 10.1 Å². The Bertz CT molecular complexity index is 551. The van der Waals surface area contributed by atoms with Crippen LogP contribution in [0.2, 0.25) is 0 Å². The van der Waals surface area contributed by atoms with Gasteiger partial charge in [0.1, 0.15) is 0 Å². The fraction of sp³-hybridized carbons (Fsp3) is 0.267. The van der Waals surface area contributed by atoms with Gasteiger partial charge in [-0.05, 0) is 29.8 Å². The molecule has 2 aromatic rings. The second-order valence-electron chi connectivity index (χ2n) is 4.39. The second kappa shape index (κ2) is 5.54. The van der Waals surface area contributed by atoms with Gasteiger partial charge in [-0.1, -0.05) is 30.3 Å². The third-order valence-electron chi connectivity index (χ3n) is 2.86. The van der Waals surface area contributed by atoms with Crippen molar-refractivity contribution in [3.05, 3.63) is 42.5 Å². The van der Waals surface area contributed by atoms with Crippen molar-refractivity contribution >= 4 is 22.4 Å². The summed E-state index contributed by atoms with van der Waals surface area (Å²) in [7, 11) is 1.41. The lowest BCUT2D eigenvalue weighted by molar-refractivity contribution is -0.140. The maximum absolute atomic E-state index is 11.2. The van der Waals surface area contributed by atoms with Gasteiger partial charge in [0.2, 0.25) is 0 Å². The van der Waals surface area contributed by atoms with Crippen LogP contribution in [-0.2, 0) is 9.53 Å². The predicted molar refractivity (Wildman–Crippen MR) is 73.7 cm³/mol. The highest BCUT2D eigenvalue weighted by Gasteiger charge is 2.08. The Kier molecular flexibility index (Phi) is 3.82. The number of methoxy groups -OCH3 is 1. The third kappa shape index (κ3) is 3.00. The van der Waals surface area contributed by atoms with Gasteiger partial charge in [0.15, 0.2) is 0 Å². The number of ether oxygens (including phenoxy) is 1. The van der Waals surface area contributed by atoms with Crippen molar-refractivity contribution in [3.8, 4) is 0 Å². The SMILES string of the molecule is COC(=O)CC(C)Nc1ccc2ccccc2c1. The number of hydrogen-bond acceptors (Lipinski definition) is 3. The van der Waals surface area contributed by atoms with E-state index in [4.69, 9.17) is 0 Å². The summed E-state index contributed by atoms with van der Waals surface area (Å²) in [5.41, 5.74) is 1.02. The van der Waals surface area contributed by atoms with Gasteiger partial charge >= 0.3 is 5.97 Å². The molecule has 0 saturated carbocycles. The number of esters is 1. The first-order valence-electron chi connectivity index (χ1n) is 6.01. The van der Waals surface area contributed by atoms with Crippen LogP contribution in [0.15, 0.2) is 42.5 Å². The predicted octanol–water partition coefficient (Wildman–Crippen LogP) is 3.20. The molecular formula is C15H17NO2. The van der Waals surface area contributed by atoms with Gasteiger partial charge in [-0.3, -0.25) is 4.79 Å². The van der Waals surface area contributed by atoms with Crippen molar-refractivity contribution in [1.29, 1.82) is 0 Å². The Balaban J connectivity index is 2.09. The van der Waals surface area contributed by atoms with E-state index < -0.39 is 0 Å². The Morgan fingerprint density at radius 3 is 2.67 bits per heavy atom. The average Bonchev–Trinajstić information content (AvgIpc) is 2.38. The normalized spacial score (nSPS) is 12.1. The number of fused-ring (bicyclic) bond motifs is 1. The van der Waals surface area contributed by atoms with Gasteiger partial charge in [0.25, 0.3) is 0 Å². The Labute approximate surface area is 107 Å². The van der Waals surface area contributed by atoms with E-state index in [9.17, 15) is 4.79 Å². The van der Waals surface area contributed by atoms with E-state index in [0.29, 0.717) is 6.42 Å². The molecule has 2 rings (SSSR count). The van der Waals surface area contributed by atoms with Gasteiger partial charge in [0, 0.05) is 11.7 Å². The summed E-state index contributed by atoms with van der Waals surface area (Å²) in [6.45, 7) is 1.96. The molecular weight excluding hydrogens is 226 g/mol. The van der Waals surface area contributed by atoms with Crippen molar-refractivity contribution < 1.29 is 9.53 Å². The smallest absolute Gasteiger partial charge is 0.307 e. The molecule has 18 heavy (non-hydrogen) atoms. The molecule has 0 saturated heterocycles. The molecule has 0 fully saturated rings. The van der Waals surface area contributed by atoms with Crippen LogP contribution >= 0.6 is 0 Å². The minimum atomic E-state index is -0.198. The molecule has 0 aliphatic carbocycles. The summed E-state index contributed by atoms with van der Waals surface area (Å²) in [5, 5.41) is 5.70. The molecule has 1 N–H and O–H groups in total. The van der Waals surface area contributed by atoms with Crippen LogP contribution in [-0.4, -0.2) is 19.1 Å². The number of nitrogens with one attached hydrogen (secondary N) is 1. The highest BCUT2D eigenvalue weighted by atomic mass is 16.5. The van der Waals surface area contributed by atoms with Crippen molar-refractivity contribution in [1.82, 2.24) is 0 Å². The van der Waals surface area contributed by atoms with Crippen LogP contribution in [0.25, 0.3) is 10.8 Å². The maximum Gasteiger partial charge on any atom is 0.307 e. The molecule has 1 atom stereocenters. The Morgan fingerprint density at radius 2 is 1.94 bits per heavy atom. The van der Waals surface area contributed by atoms with Crippen LogP contribution in [0, 0.1) is 0 Å². The van der Waals surface area contributed by atoms with Gasteiger partial charge in [-0.2, -0.15) is 0 Å². The summed E-state index contributed by atoms with van der Waals surface area (Å²) in [6, 6.07) is 14.4. The molecule has 94 valence electrons. The van der Waals surface area contributed by atoms with E-state index in [2.05, 4.69) is 34.3 Å². The summed E-state index contributed by atoms with van der Waals surface area (Å²) < 4.78 is 4.65. The molecule has 3 nitrogen and oxygen atoms in total. The van der Waals surface area contributed by atoms with E-state index in [0.717, 1.165) is 5.69 Å². The molecule has 0 aliphatic heterocycles. The van der Waals surface area contributed by atoms with E-state index in [-0.39, 0.29) is 12.0 Å². The van der Waals surface area contributed by atoms with Gasteiger partial charge in [-0.25, -0.2) is 0 Å². The first-order chi connectivity index (χ1) is 8.69. The van der Waals surface area contributed by atoms with Crippen LogP contribution in [0.4, 0.5) is 5.69 Å². The zero-order valence-electron chi connectivity index (χ0n) is 10.6. The number of carbonyl (C=O) groups is 1. The second-order valence-corrected chi connectivity index (χ2v) is 4.39. The van der Waals surface area contributed by atoms with Crippen molar-refractivity contribution in [2.45, 2.75) is 19.4 Å². The molecule has 0 heterocycles. The lowest BCUT2D eigenvalue weighted by atomic mass is 10.1. The largest absolute Gasteiger partial charge is 0.469 e. The Morgan fingerprint density at radius 1 is 1.22 bits per heavy atom. The first-order valence-corrected chi connectivity index (χ1v) is 6.01. The van der Waals surface area contributed by atoms with Crippen molar-refractivity contribution in [2.75, 3.05) is 12.4 Å². The number of rotatable bonds is 4.